The van der Waals surface area contributed by atoms with E-state index in [9.17, 15) is 9.59 Å². The van der Waals surface area contributed by atoms with Gasteiger partial charge >= 0.3 is 0 Å². The fourth-order valence-corrected chi connectivity index (χ4v) is 4.90. The maximum atomic E-state index is 13.6. The van der Waals surface area contributed by atoms with Crippen LogP contribution in [-0.4, -0.2) is 43.0 Å². The van der Waals surface area contributed by atoms with Crippen molar-refractivity contribution in [2.45, 2.75) is 13.0 Å². The second kappa shape index (κ2) is 7.04. The van der Waals surface area contributed by atoms with Crippen molar-refractivity contribution >= 4 is 40.5 Å². The number of hydrogen-bond acceptors (Lipinski definition) is 8. The van der Waals surface area contributed by atoms with Gasteiger partial charge in [-0.25, -0.2) is 4.52 Å². The zero-order valence-corrected chi connectivity index (χ0v) is 18.3. The summed E-state index contributed by atoms with van der Waals surface area (Å²) in [4.78, 5) is 36.7. The molecule has 2 aliphatic rings. The van der Waals surface area contributed by atoms with E-state index in [1.165, 1.54) is 4.52 Å². The van der Waals surface area contributed by atoms with Crippen LogP contribution in [0.2, 0.25) is 5.02 Å². The molecular weight excluding hydrogens is 444 g/mol. The van der Waals surface area contributed by atoms with Gasteiger partial charge in [-0.2, -0.15) is 15.1 Å². The van der Waals surface area contributed by atoms with Crippen molar-refractivity contribution < 1.29 is 4.79 Å². The van der Waals surface area contributed by atoms with Crippen LogP contribution in [-0.2, 0) is 0 Å². The number of fused-ring (bicyclic) bond motifs is 2. The number of halogens is 1. The molecule has 0 saturated carbocycles. The fraction of sp³-hybridized carbons (Fsp3) is 0.227. The van der Waals surface area contributed by atoms with Crippen LogP contribution < -0.4 is 21.5 Å². The number of para-hydroxylation sites is 1. The Morgan fingerprint density at radius 1 is 1.15 bits per heavy atom. The summed E-state index contributed by atoms with van der Waals surface area (Å²) in [7, 11) is 0. The molecule has 0 radical (unpaired) electrons. The van der Waals surface area contributed by atoms with Crippen molar-refractivity contribution in [3.8, 4) is 5.69 Å². The van der Waals surface area contributed by atoms with Crippen LogP contribution in [0.4, 0.5) is 17.6 Å². The summed E-state index contributed by atoms with van der Waals surface area (Å²) in [6.45, 7) is 2.84. The molecule has 2 aliphatic heterocycles. The van der Waals surface area contributed by atoms with E-state index in [1.807, 2.05) is 35.2 Å². The Kier molecular flexibility index (Phi) is 4.21. The van der Waals surface area contributed by atoms with Gasteiger partial charge in [-0.15, -0.1) is 0 Å². The van der Waals surface area contributed by atoms with Crippen LogP contribution in [0, 0.1) is 5.92 Å². The maximum absolute atomic E-state index is 13.6. The number of carbonyl (C=O) groups is 1. The molecule has 0 spiro atoms. The summed E-state index contributed by atoms with van der Waals surface area (Å²) in [6, 6.07) is 10.6. The predicted molar refractivity (Wildman–Crippen MR) is 124 cm³/mol. The molecule has 1 saturated heterocycles. The van der Waals surface area contributed by atoms with Gasteiger partial charge in [0.1, 0.15) is 22.7 Å². The summed E-state index contributed by atoms with van der Waals surface area (Å²) in [5.41, 5.74) is 7.06. The topological polar surface area (TPSA) is 123 Å². The summed E-state index contributed by atoms with van der Waals surface area (Å²) in [5, 5.41) is 8.10. The SMILES string of the molecule is C[C@@H]1CN(c2nc(N)nc3c2C(=O)CN3)[C@@H]1c1nn2ccc(Cl)c2c(=O)n1-c1ccccc1. The molecule has 10 nitrogen and oxygen atoms in total. The van der Waals surface area contributed by atoms with E-state index in [2.05, 4.69) is 22.2 Å². The Hall–Kier alpha value is -3.92. The van der Waals surface area contributed by atoms with E-state index in [4.69, 9.17) is 22.4 Å². The molecule has 33 heavy (non-hydrogen) atoms. The van der Waals surface area contributed by atoms with Gasteiger partial charge < -0.3 is 16.0 Å². The van der Waals surface area contributed by atoms with E-state index in [1.54, 1.807) is 16.8 Å². The minimum Gasteiger partial charge on any atom is -0.368 e. The highest BCUT2D eigenvalue weighted by molar-refractivity contribution is 6.33. The van der Waals surface area contributed by atoms with Gasteiger partial charge in [0.25, 0.3) is 5.56 Å². The first-order valence-electron chi connectivity index (χ1n) is 10.5. The van der Waals surface area contributed by atoms with Crippen molar-refractivity contribution in [1.82, 2.24) is 24.1 Å². The van der Waals surface area contributed by atoms with Crippen LogP contribution >= 0.6 is 11.6 Å². The molecule has 1 fully saturated rings. The van der Waals surface area contributed by atoms with E-state index >= 15 is 0 Å². The van der Waals surface area contributed by atoms with Gasteiger partial charge in [0, 0.05) is 18.7 Å². The molecule has 0 amide bonds. The minimum absolute atomic E-state index is 0.0744. The van der Waals surface area contributed by atoms with Crippen molar-refractivity contribution in [2.24, 2.45) is 5.92 Å². The first kappa shape index (κ1) is 19.7. The predicted octanol–water partition coefficient (Wildman–Crippen LogP) is 2.32. The number of nitrogen functional groups attached to an aromatic ring is 1. The summed E-state index contributed by atoms with van der Waals surface area (Å²) in [5.74, 6) is 1.52. The number of rotatable bonds is 3. The van der Waals surface area contributed by atoms with Crippen molar-refractivity contribution in [3.05, 3.63) is 69.4 Å². The number of nitrogens with two attached hydrogens (primary N) is 1. The molecule has 4 aromatic rings. The highest BCUT2D eigenvalue weighted by Gasteiger charge is 2.44. The second-order valence-corrected chi connectivity index (χ2v) is 8.68. The van der Waals surface area contributed by atoms with Crippen LogP contribution in [0.3, 0.4) is 0 Å². The third-order valence-corrected chi connectivity index (χ3v) is 6.48. The Morgan fingerprint density at radius 2 is 1.94 bits per heavy atom. The molecule has 11 heteroatoms. The number of ketones is 1. The monoisotopic (exact) mass is 462 g/mol. The van der Waals surface area contributed by atoms with Crippen LogP contribution in [0.1, 0.15) is 29.1 Å². The summed E-state index contributed by atoms with van der Waals surface area (Å²) < 4.78 is 3.09. The number of benzene rings is 1. The molecule has 1 aromatic carbocycles. The average Bonchev–Trinajstić information content (AvgIpc) is 3.34. The Labute approximate surface area is 192 Å². The quantitative estimate of drug-likeness (QED) is 0.475. The molecule has 2 atom stereocenters. The van der Waals surface area contributed by atoms with Crippen molar-refractivity contribution in [1.29, 1.82) is 0 Å². The lowest BCUT2D eigenvalue weighted by Gasteiger charge is -2.47. The van der Waals surface area contributed by atoms with Gasteiger partial charge in [-0.3, -0.25) is 14.2 Å². The highest BCUT2D eigenvalue weighted by atomic mass is 35.5. The van der Waals surface area contributed by atoms with Gasteiger partial charge in [-0.1, -0.05) is 36.7 Å². The summed E-state index contributed by atoms with van der Waals surface area (Å²) in [6.07, 6.45) is 1.67. The lowest BCUT2D eigenvalue weighted by Crippen LogP contribution is -2.52. The lowest BCUT2D eigenvalue weighted by molar-refractivity contribution is 0.101. The number of Topliss-reactive ketones (excluding diaryl/α,β-unsaturated/α-hetero) is 1. The smallest absolute Gasteiger partial charge is 0.284 e. The van der Waals surface area contributed by atoms with Gasteiger partial charge in [-0.05, 0) is 18.2 Å². The minimum atomic E-state index is -0.324. The first-order valence-corrected chi connectivity index (χ1v) is 10.9. The zero-order chi connectivity index (χ0) is 22.9. The molecule has 3 N–H and O–H groups in total. The maximum Gasteiger partial charge on any atom is 0.284 e. The van der Waals surface area contributed by atoms with Gasteiger partial charge in [0.2, 0.25) is 5.95 Å². The normalized spacial score (nSPS) is 19.5. The number of hydrogen-bond donors (Lipinski definition) is 2. The molecule has 0 aliphatic carbocycles. The van der Waals surface area contributed by atoms with E-state index < -0.39 is 0 Å². The van der Waals surface area contributed by atoms with Crippen LogP contribution in [0.25, 0.3) is 11.2 Å². The summed E-state index contributed by atoms with van der Waals surface area (Å²) >= 11 is 6.31. The molecule has 3 aromatic heterocycles. The van der Waals surface area contributed by atoms with E-state index in [0.29, 0.717) is 45.8 Å². The third-order valence-electron chi connectivity index (χ3n) is 6.18. The molecular formula is C22H19ClN8O2. The fourth-order valence-electron chi connectivity index (χ4n) is 4.68. The lowest BCUT2D eigenvalue weighted by atomic mass is 9.88. The number of anilines is 3. The van der Waals surface area contributed by atoms with Gasteiger partial charge in [0.15, 0.2) is 11.6 Å². The number of nitrogens with zero attached hydrogens (tertiary/aromatic N) is 6. The third kappa shape index (κ3) is 2.83. The molecule has 6 rings (SSSR count). The number of aromatic nitrogens is 5. The average molecular weight is 463 g/mol. The number of carbonyl (C=O) groups excluding carboxylic acids is 1. The largest absolute Gasteiger partial charge is 0.368 e. The Bertz CT molecular complexity index is 1500. The molecule has 0 unspecified atom stereocenters. The molecule has 166 valence electrons. The standard InChI is InChI=1S/C22H19ClN8O2/c1-11-10-29(19-15-14(32)9-25-18(15)26-22(24)27-19)16(11)20-28-30-8-7-13(23)17(30)21(33)31(20)12-5-3-2-4-6-12/h2-8,11,16H,9-10H2,1H3,(H3,24,25,26,27)/t11-,16+/m1/s1. The van der Waals surface area contributed by atoms with Crippen molar-refractivity contribution in [3.63, 3.8) is 0 Å². The van der Waals surface area contributed by atoms with E-state index in [0.717, 1.165) is 0 Å². The Balaban J connectivity index is 1.59. The highest BCUT2D eigenvalue weighted by Crippen LogP contribution is 2.44. The first-order chi connectivity index (χ1) is 15.9. The number of nitrogens with one attached hydrogen (secondary N) is 1. The molecule has 0 bridgehead atoms. The molecule has 5 heterocycles. The van der Waals surface area contributed by atoms with Crippen molar-refractivity contribution in [2.75, 3.05) is 29.0 Å². The zero-order valence-electron chi connectivity index (χ0n) is 17.6. The Morgan fingerprint density at radius 3 is 2.70 bits per heavy atom. The van der Waals surface area contributed by atoms with Gasteiger partial charge in [0.05, 0.1) is 23.3 Å². The second-order valence-electron chi connectivity index (χ2n) is 8.27. The van der Waals surface area contributed by atoms with Crippen LogP contribution in [0.5, 0.6) is 0 Å². The van der Waals surface area contributed by atoms with Crippen LogP contribution in [0.15, 0.2) is 47.4 Å². The van der Waals surface area contributed by atoms with E-state index in [-0.39, 0.29) is 35.8 Å².